The molecule has 1 aromatic carbocycles. The second kappa shape index (κ2) is 7.71. The molecule has 2 rings (SSSR count). The molecule has 0 saturated heterocycles. The first-order chi connectivity index (χ1) is 11.0. The van der Waals surface area contributed by atoms with Crippen molar-refractivity contribution in [3.63, 3.8) is 0 Å². The summed E-state index contributed by atoms with van der Waals surface area (Å²) in [7, 11) is 0. The van der Waals surface area contributed by atoms with Crippen LogP contribution in [0, 0.1) is 5.92 Å². The van der Waals surface area contributed by atoms with E-state index < -0.39 is 23.2 Å². The standard InChI is InChI=1S/C16H22N2O5/c19-12-8-11(9-13(20)14(12)21)16(23)18-7-6-17-15(22)10-4-2-1-3-5-10/h8-10,19-21H,1-7H2,(H,17,22)(H,18,23). The number of aromatic hydroxyl groups is 3. The minimum Gasteiger partial charge on any atom is -0.504 e. The predicted molar refractivity (Wildman–Crippen MR) is 83.4 cm³/mol. The molecule has 0 radical (unpaired) electrons. The van der Waals surface area contributed by atoms with Crippen molar-refractivity contribution in [3.8, 4) is 17.2 Å². The average Bonchev–Trinajstić information content (AvgIpc) is 2.56. The van der Waals surface area contributed by atoms with Crippen molar-refractivity contribution in [3.05, 3.63) is 17.7 Å². The van der Waals surface area contributed by atoms with Gasteiger partial charge < -0.3 is 26.0 Å². The van der Waals surface area contributed by atoms with E-state index in [0.717, 1.165) is 37.8 Å². The average molecular weight is 322 g/mol. The van der Waals surface area contributed by atoms with Gasteiger partial charge in [0.25, 0.3) is 5.91 Å². The summed E-state index contributed by atoms with van der Waals surface area (Å²) in [5, 5.41) is 33.3. The van der Waals surface area contributed by atoms with Crippen molar-refractivity contribution in [2.75, 3.05) is 13.1 Å². The molecule has 1 aliphatic carbocycles. The number of carbonyl (C=O) groups excluding carboxylic acids is 2. The van der Waals surface area contributed by atoms with Crippen LogP contribution in [0.2, 0.25) is 0 Å². The molecule has 1 saturated carbocycles. The van der Waals surface area contributed by atoms with Gasteiger partial charge in [-0.15, -0.1) is 0 Å². The molecular weight excluding hydrogens is 300 g/mol. The van der Waals surface area contributed by atoms with E-state index in [1.54, 1.807) is 0 Å². The smallest absolute Gasteiger partial charge is 0.251 e. The third-order valence-electron chi connectivity index (χ3n) is 4.02. The zero-order valence-corrected chi connectivity index (χ0v) is 12.8. The Hall–Kier alpha value is -2.44. The van der Waals surface area contributed by atoms with E-state index in [1.807, 2.05) is 0 Å². The highest BCUT2D eigenvalue weighted by atomic mass is 16.3. The van der Waals surface area contributed by atoms with Crippen molar-refractivity contribution >= 4 is 11.8 Å². The number of hydrogen-bond donors (Lipinski definition) is 5. The molecule has 126 valence electrons. The molecule has 0 atom stereocenters. The van der Waals surface area contributed by atoms with Crippen LogP contribution in [0.25, 0.3) is 0 Å². The fourth-order valence-electron chi connectivity index (χ4n) is 2.71. The van der Waals surface area contributed by atoms with E-state index >= 15 is 0 Å². The fraction of sp³-hybridized carbons (Fsp3) is 0.500. The first-order valence-electron chi connectivity index (χ1n) is 7.80. The summed E-state index contributed by atoms with van der Waals surface area (Å²) in [5.41, 5.74) is 0.0245. The summed E-state index contributed by atoms with van der Waals surface area (Å²) in [5.74, 6) is -2.21. The molecule has 0 bridgehead atoms. The Labute approximate surface area is 134 Å². The molecule has 0 aromatic heterocycles. The Kier molecular flexibility index (Phi) is 5.67. The minimum absolute atomic E-state index is 0.0245. The van der Waals surface area contributed by atoms with Gasteiger partial charge in [0, 0.05) is 24.6 Å². The molecular formula is C16H22N2O5. The SMILES string of the molecule is O=C(NCCNC(=O)C1CCCCC1)c1cc(O)c(O)c(O)c1. The number of phenolic OH excluding ortho intramolecular Hbond substituents is 3. The topological polar surface area (TPSA) is 119 Å². The van der Waals surface area contributed by atoms with Crippen molar-refractivity contribution in [2.45, 2.75) is 32.1 Å². The Balaban J connectivity index is 1.75. The van der Waals surface area contributed by atoms with E-state index in [0.29, 0.717) is 6.54 Å². The van der Waals surface area contributed by atoms with Gasteiger partial charge in [-0.2, -0.15) is 0 Å². The molecule has 0 heterocycles. The van der Waals surface area contributed by atoms with E-state index in [9.17, 15) is 24.9 Å². The molecule has 0 aliphatic heterocycles. The second-order valence-corrected chi connectivity index (χ2v) is 5.74. The summed E-state index contributed by atoms with van der Waals surface area (Å²) in [6, 6.07) is 2.12. The number of phenols is 3. The molecule has 2 amide bonds. The number of rotatable bonds is 5. The third-order valence-corrected chi connectivity index (χ3v) is 4.02. The summed E-state index contributed by atoms with van der Waals surface area (Å²) in [6.07, 6.45) is 5.20. The number of benzene rings is 1. The summed E-state index contributed by atoms with van der Waals surface area (Å²) >= 11 is 0. The molecule has 23 heavy (non-hydrogen) atoms. The Morgan fingerprint density at radius 2 is 1.52 bits per heavy atom. The quantitative estimate of drug-likeness (QED) is 0.413. The van der Waals surface area contributed by atoms with Crippen LogP contribution < -0.4 is 10.6 Å². The van der Waals surface area contributed by atoms with Crippen LogP contribution in [0.4, 0.5) is 0 Å². The van der Waals surface area contributed by atoms with E-state index in [1.165, 1.54) is 6.42 Å². The first-order valence-corrected chi connectivity index (χ1v) is 7.80. The van der Waals surface area contributed by atoms with Crippen molar-refractivity contribution in [1.29, 1.82) is 0 Å². The Morgan fingerprint density at radius 1 is 0.957 bits per heavy atom. The summed E-state index contributed by atoms with van der Waals surface area (Å²) in [4.78, 5) is 23.8. The number of amides is 2. The van der Waals surface area contributed by atoms with Gasteiger partial charge in [-0.05, 0) is 25.0 Å². The Morgan fingerprint density at radius 3 is 2.13 bits per heavy atom. The second-order valence-electron chi connectivity index (χ2n) is 5.74. The maximum Gasteiger partial charge on any atom is 0.251 e. The van der Waals surface area contributed by atoms with Crippen LogP contribution in [0.3, 0.4) is 0 Å². The predicted octanol–water partition coefficient (Wildman–Crippen LogP) is 1.23. The van der Waals surface area contributed by atoms with E-state index in [-0.39, 0.29) is 23.9 Å². The fourth-order valence-corrected chi connectivity index (χ4v) is 2.71. The van der Waals surface area contributed by atoms with Gasteiger partial charge in [-0.25, -0.2) is 0 Å². The lowest BCUT2D eigenvalue weighted by Crippen LogP contribution is -2.38. The van der Waals surface area contributed by atoms with Crippen molar-refractivity contribution in [1.82, 2.24) is 10.6 Å². The third kappa shape index (κ3) is 4.51. The number of nitrogens with one attached hydrogen (secondary N) is 2. The molecule has 7 heteroatoms. The van der Waals surface area contributed by atoms with E-state index in [4.69, 9.17) is 0 Å². The zero-order chi connectivity index (χ0) is 16.8. The van der Waals surface area contributed by atoms with Gasteiger partial charge in [0.15, 0.2) is 17.2 Å². The first kappa shape index (κ1) is 16.9. The van der Waals surface area contributed by atoms with Crippen molar-refractivity contribution in [2.24, 2.45) is 5.92 Å². The minimum atomic E-state index is -0.665. The monoisotopic (exact) mass is 322 g/mol. The highest BCUT2D eigenvalue weighted by Crippen LogP contribution is 2.35. The molecule has 7 nitrogen and oxygen atoms in total. The summed E-state index contributed by atoms with van der Waals surface area (Å²) < 4.78 is 0. The van der Waals surface area contributed by atoms with Crippen LogP contribution in [-0.4, -0.2) is 40.2 Å². The lowest BCUT2D eigenvalue weighted by molar-refractivity contribution is -0.125. The molecule has 0 unspecified atom stereocenters. The number of hydrogen-bond acceptors (Lipinski definition) is 5. The lowest BCUT2D eigenvalue weighted by atomic mass is 9.89. The van der Waals surface area contributed by atoms with Crippen LogP contribution in [0.15, 0.2) is 12.1 Å². The summed E-state index contributed by atoms with van der Waals surface area (Å²) in [6.45, 7) is 0.552. The van der Waals surface area contributed by atoms with Gasteiger partial charge in [0.05, 0.1) is 0 Å². The van der Waals surface area contributed by atoms with Crippen LogP contribution in [0.1, 0.15) is 42.5 Å². The normalized spacial score (nSPS) is 15.1. The van der Waals surface area contributed by atoms with Gasteiger partial charge in [0.1, 0.15) is 0 Å². The molecule has 1 aliphatic rings. The maximum atomic E-state index is 11.9. The van der Waals surface area contributed by atoms with Gasteiger partial charge >= 0.3 is 0 Å². The number of carbonyl (C=O) groups is 2. The molecule has 1 fully saturated rings. The van der Waals surface area contributed by atoms with Gasteiger partial charge in [-0.3, -0.25) is 9.59 Å². The molecule has 0 spiro atoms. The van der Waals surface area contributed by atoms with Crippen LogP contribution in [-0.2, 0) is 4.79 Å². The van der Waals surface area contributed by atoms with Crippen molar-refractivity contribution < 1.29 is 24.9 Å². The lowest BCUT2D eigenvalue weighted by Gasteiger charge is -2.20. The highest BCUT2D eigenvalue weighted by molar-refractivity contribution is 5.95. The maximum absolute atomic E-state index is 11.9. The zero-order valence-electron chi connectivity index (χ0n) is 12.8. The van der Waals surface area contributed by atoms with Crippen LogP contribution in [0.5, 0.6) is 17.2 Å². The van der Waals surface area contributed by atoms with Gasteiger partial charge in [0.2, 0.25) is 5.91 Å². The molecule has 5 N–H and O–H groups in total. The van der Waals surface area contributed by atoms with Gasteiger partial charge in [-0.1, -0.05) is 19.3 Å². The van der Waals surface area contributed by atoms with E-state index in [2.05, 4.69) is 10.6 Å². The highest BCUT2D eigenvalue weighted by Gasteiger charge is 2.20. The van der Waals surface area contributed by atoms with Crippen LogP contribution >= 0.6 is 0 Å². The largest absolute Gasteiger partial charge is 0.504 e. The molecule has 1 aromatic rings. The Bertz CT molecular complexity index is 559.